The molecule has 0 aliphatic heterocycles. The first-order valence-corrected chi connectivity index (χ1v) is 7.93. The van der Waals surface area contributed by atoms with Crippen molar-refractivity contribution in [1.29, 1.82) is 0 Å². The Morgan fingerprint density at radius 3 is 2.83 bits per heavy atom. The van der Waals surface area contributed by atoms with Gasteiger partial charge in [0, 0.05) is 18.5 Å². The van der Waals surface area contributed by atoms with Gasteiger partial charge in [0.2, 0.25) is 0 Å². The highest BCUT2D eigenvalue weighted by atomic mass is 16.5. The molecule has 0 saturated heterocycles. The zero-order chi connectivity index (χ0) is 17.1. The van der Waals surface area contributed by atoms with Gasteiger partial charge in [-0.2, -0.15) is 5.10 Å². The fourth-order valence-electron chi connectivity index (χ4n) is 2.86. The molecule has 0 aliphatic carbocycles. The largest absolute Gasteiger partial charge is 0.496 e. The number of nitrogens with one attached hydrogen (secondary N) is 1. The van der Waals surface area contributed by atoms with Gasteiger partial charge in [-0.25, -0.2) is 0 Å². The van der Waals surface area contributed by atoms with E-state index in [0.717, 1.165) is 28.6 Å². The number of aromatic nitrogens is 2. The number of hydrogen-bond acceptors (Lipinski definition) is 3. The average Bonchev–Trinajstić information content (AvgIpc) is 3.09. The van der Waals surface area contributed by atoms with Gasteiger partial charge in [-0.1, -0.05) is 30.3 Å². The quantitative estimate of drug-likeness (QED) is 0.784. The molecule has 0 radical (unpaired) electrons. The van der Waals surface area contributed by atoms with Crippen LogP contribution in [0, 0.1) is 0 Å². The van der Waals surface area contributed by atoms with Crippen LogP contribution >= 0.6 is 0 Å². The van der Waals surface area contributed by atoms with Crippen molar-refractivity contribution in [1.82, 2.24) is 15.1 Å². The smallest absolute Gasteiger partial charge is 0.256 e. The van der Waals surface area contributed by atoms with Gasteiger partial charge in [-0.05, 0) is 31.0 Å². The standard InChI is InChI=1S/C19H21N3O2/c1-13(11-14-7-4-5-10-17(14)24-3)22(2)19(23)16-9-6-8-15-12-20-21-18(15)16/h4-10,12-13H,11H2,1-3H3,(H,20,21)/t13-/m1/s1. The third kappa shape index (κ3) is 2.97. The van der Waals surface area contributed by atoms with E-state index in [1.54, 1.807) is 18.2 Å². The molecule has 1 N–H and O–H groups in total. The monoisotopic (exact) mass is 323 g/mol. The maximum absolute atomic E-state index is 12.9. The number of aromatic amines is 1. The fraction of sp³-hybridized carbons (Fsp3) is 0.263. The topological polar surface area (TPSA) is 58.2 Å². The van der Waals surface area contributed by atoms with Gasteiger partial charge in [0.1, 0.15) is 5.75 Å². The number of benzene rings is 2. The highest BCUT2D eigenvalue weighted by Crippen LogP contribution is 2.22. The fourth-order valence-corrected chi connectivity index (χ4v) is 2.86. The lowest BCUT2D eigenvalue weighted by Gasteiger charge is -2.26. The zero-order valence-electron chi connectivity index (χ0n) is 14.1. The van der Waals surface area contributed by atoms with Crippen LogP contribution in [-0.4, -0.2) is 41.2 Å². The second-order valence-electron chi connectivity index (χ2n) is 5.92. The SMILES string of the molecule is COc1ccccc1C[C@@H](C)N(C)C(=O)c1cccc2cn[nH]c12. The predicted molar refractivity (Wildman–Crippen MR) is 94.3 cm³/mol. The van der Waals surface area contributed by atoms with Crippen LogP contribution in [0.15, 0.2) is 48.7 Å². The van der Waals surface area contributed by atoms with E-state index in [2.05, 4.69) is 10.2 Å². The number of carbonyl (C=O) groups is 1. The molecule has 1 aromatic heterocycles. The summed E-state index contributed by atoms with van der Waals surface area (Å²) in [5.74, 6) is 0.827. The molecule has 0 bridgehead atoms. The number of fused-ring (bicyclic) bond motifs is 1. The summed E-state index contributed by atoms with van der Waals surface area (Å²) in [6, 6.07) is 13.6. The molecule has 0 aliphatic rings. The molecule has 1 amide bonds. The zero-order valence-corrected chi connectivity index (χ0v) is 14.1. The van der Waals surface area contributed by atoms with Gasteiger partial charge < -0.3 is 9.64 Å². The van der Waals surface area contributed by atoms with E-state index < -0.39 is 0 Å². The Morgan fingerprint density at radius 2 is 2.04 bits per heavy atom. The molecular formula is C19H21N3O2. The van der Waals surface area contributed by atoms with Gasteiger partial charge in [-0.15, -0.1) is 0 Å². The molecule has 1 atom stereocenters. The van der Waals surface area contributed by atoms with E-state index in [0.29, 0.717) is 5.56 Å². The lowest BCUT2D eigenvalue weighted by Crippen LogP contribution is -2.36. The molecule has 1 heterocycles. The van der Waals surface area contributed by atoms with Crippen LogP contribution in [0.5, 0.6) is 5.75 Å². The Balaban J connectivity index is 1.81. The molecule has 0 saturated carbocycles. The summed E-state index contributed by atoms with van der Waals surface area (Å²) in [5.41, 5.74) is 2.50. The second-order valence-corrected chi connectivity index (χ2v) is 5.92. The van der Waals surface area contributed by atoms with E-state index >= 15 is 0 Å². The van der Waals surface area contributed by atoms with Crippen LogP contribution in [0.2, 0.25) is 0 Å². The molecule has 0 unspecified atom stereocenters. The molecule has 0 spiro atoms. The molecule has 124 valence electrons. The number of likely N-dealkylation sites (N-methyl/N-ethyl adjacent to an activating group) is 1. The first-order chi connectivity index (χ1) is 11.6. The molecule has 24 heavy (non-hydrogen) atoms. The summed E-state index contributed by atoms with van der Waals surface area (Å²) in [5, 5.41) is 7.88. The minimum atomic E-state index is -0.0211. The summed E-state index contributed by atoms with van der Waals surface area (Å²) in [7, 11) is 3.49. The van der Waals surface area contributed by atoms with Crippen molar-refractivity contribution in [2.75, 3.05) is 14.2 Å². The van der Waals surface area contributed by atoms with Crippen molar-refractivity contribution < 1.29 is 9.53 Å². The predicted octanol–water partition coefficient (Wildman–Crippen LogP) is 3.27. The van der Waals surface area contributed by atoms with Crippen LogP contribution in [0.25, 0.3) is 10.9 Å². The van der Waals surface area contributed by atoms with Gasteiger partial charge in [0.25, 0.3) is 5.91 Å². The molecule has 0 fully saturated rings. The third-order valence-electron chi connectivity index (χ3n) is 4.40. The second kappa shape index (κ2) is 6.74. The number of carbonyl (C=O) groups excluding carboxylic acids is 1. The van der Waals surface area contributed by atoms with E-state index in [1.165, 1.54) is 0 Å². The Kier molecular flexibility index (Phi) is 4.51. The normalized spacial score (nSPS) is 12.1. The third-order valence-corrected chi connectivity index (χ3v) is 4.40. The number of ether oxygens (including phenoxy) is 1. The summed E-state index contributed by atoms with van der Waals surface area (Å²) in [6.07, 6.45) is 2.45. The first kappa shape index (κ1) is 16.1. The Hall–Kier alpha value is -2.82. The van der Waals surface area contributed by atoms with Crippen LogP contribution in [0.4, 0.5) is 0 Å². The van der Waals surface area contributed by atoms with E-state index in [1.807, 2.05) is 56.4 Å². The van der Waals surface area contributed by atoms with Crippen molar-refractivity contribution >= 4 is 16.8 Å². The Morgan fingerprint density at radius 1 is 1.25 bits per heavy atom. The lowest BCUT2D eigenvalue weighted by atomic mass is 10.0. The Bertz CT molecular complexity index is 856. The number of H-pyrrole nitrogens is 1. The minimum absolute atomic E-state index is 0.0211. The molecule has 3 rings (SSSR count). The van der Waals surface area contributed by atoms with Crippen LogP contribution in [-0.2, 0) is 6.42 Å². The summed E-state index contributed by atoms with van der Waals surface area (Å²) >= 11 is 0. The molecule has 3 aromatic rings. The average molecular weight is 323 g/mol. The Labute approximate surface area is 141 Å². The maximum atomic E-state index is 12.9. The number of para-hydroxylation sites is 2. The molecule has 2 aromatic carbocycles. The van der Waals surface area contributed by atoms with E-state index in [4.69, 9.17) is 4.74 Å². The molecule has 5 nitrogen and oxygen atoms in total. The maximum Gasteiger partial charge on any atom is 0.256 e. The summed E-state index contributed by atoms with van der Waals surface area (Å²) in [6.45, 7) is 2.04. The number of amides is 1. The van der Waals surface area contributed by atoms with E-state index in [9.17, 15) is 4.79 Å². The number of hydrogen-bond donors (Lipinski definition) is 1. The molecule has 5 heteroatoms. The van der Waals surface area contributed by atoms with E-state index in [-0.39, 0.29) is 11.9 Å². The highest BCUT2D eigenvalue weighted by molar-refractivity contribution is 6.05. The summed E-state index contributed by atoms with van der Waals surface area (Å²) in [4.78, 5) is 14.7. The van der Waals surface area contributed by atoms with Gasteiger partial charge in [0.05, 0.1) is 24.4 Å². The van der Waals surface area contributed by atoms with Crippen LogP contribution in [0.1, 0.15) is 22.8 Å². The lowest BCUT2D eigenvalue weighted by molar-refractivity contribution is 0.0745. The van der Waals surface area contributed by atoms with Crippen molar-refractivity contribution in [3.8, 4) is 5.75 Å². The minimum Gasteiger partial charge on any atom is -0.496 e. The van der Waals surface area contributed by atoms with Crippen molar-refractivity contribution in [3.63, 3.8) is 0 Å². The first-order valence-electron chi connectivity index (χ1n) is 7.93. The van der Waals surface area contributed by atoms with Crippen molar-refractivity contribution in [2.24, 2.45) is 0 Å². The highest BCUT2D eigenvalue weighted by Gasteiger charge is 2.21. The van der Waals surface area contributed by atoms with Gasteiger partial charge >= 0.3 is 0 Å². The molecular weight excluding hydrogens is 302 g/mol. The van der Waals surface area contributed by atoms with Gasteiger partial charge in [0.15, 0.2) is 0 Å². The van der Waals surface area contributed by atoms with Gasteiger partial charge in [-0.3, -0.25) is 9.89 Å². The number of rotatable bonds is 5. The van der Waals surface area contributed by atoms with Crippen molar-refractivity contribution in [2.45, 2.75) is 19.4 Å². The number of methoxy groups -OCH3 is 1. The summed E-state index contributed by atoms with van der Waals surface area (Å²) < 4.78 is 5.40. The van der Waals surface area contributed by atoms with Crippen LogP contribution < -0.4 is 4.74 Å². The van der Waals surface area contributed by atoms with Crippen LogP contribution in [0.3, 0.4) is 0 Å². The van der Waals surface area contributed by atoms with Crippen molar-refractivity contribution in [3.05, 3.63) is 59.8 Å². The number of nitrogens with zero attached hydrogens (tertiary/aromatic N) is 2.